The molecule has 1 saturated carbocycles. The van der Waals surface area contributed by atoms with Gasteiger partial charge in [-0.2, -0.15) is 0 Å². The van der Waals surface area contributed by atoms with Crippen LogP contribution in [0.5, 0.6) is 0 Å². The van der Waals surface area contributed by atoms with Gasteiger partial charge in [-0.3, -0.25) is 0 Å². The maximum atomic E-state index is 5.99. The number of hydrogen-bond acceptors (Lipinski definition) is 2. The second kappa shape index (κ2) is 2.26. The molecule has 1 aliphatic rings. The van der Waals surface area contributed by atoms with Crippen LogP contribution >= 0.6 is 12.6 Å². The van der Waals surface area contributed by atoms with Gasteiger partial charge in [0.1, 0.15) is 0 Å². The molecule has 2 heteroatoms. The van der Waals surface area contributed by atoms with Gasteiger partial charge in [-0.25, -0.2) is 0 Å². The fraction of sp³-hybridized carbons (Fsp3) is 0.333. The lowest BCUT2D eigenvalue weighted by atomic mass is 10.1. The Balaban J connectivity index is 2.33. The standard InChI is InChI=1S/C9H11NS/c10-9(5-6-9)7-1-3-8(11)4-2-7/h1-4,11H,5-6,10H2. The van der Waals surface area contributed by atoms with Crippen molar-refractivity contribution in [3.8, 4) is 0 Å². The molecule has 0 aliphatic heterocycles. The highest BCUT2D eigenvalue weighted by molar-refractivity contribution is 7.80. The predicted molar refractivity (Wildman–Crippen MR) is 48.8 cm³/mol. The maximum Gasteiger partial charge on any atom is 0.0411 e. The second-order valence-electron chi connectivity index (χ2n) is 3.20. The summed E-state index contributed by atoms with van der Waals surface area (Å²) in [7, 11) is 0. The summed E-state index contributed by atoms with van der Waals surface area (Å²) in [6, 6.07) is 8.11. The quantitative estimate of drug-likeness (QED) is 0.611. The minimum absolute atomic E-state index is 0.00147. The van der Waals surface area contributed by atoms with Crippen LogP contribution in [-0.2, 0) is 5.54 Å². The van der Waals surface area contributed by atoms with Crippen LogP contribution in [0.25, 0.3) is 0 Å². The molecule has 1 fully saturated rings. The summed E-state index contributed by atoms with van der Waals surface area (Å²) in [6.45, 7) is 0. The van der Waals surface area contributed by atoms with Crippen molar-refractivity contribution < 1.29 is 0 Å². The third-order valence-electron chi connectivity index (χ3n) is 2.23. The fourth-order valence-electron chi connectivity index (χ4n) is 1.22. The van der Waals surface area contributed by atoms with E-state index in [1.54, 1.807) is 0 Å². The first kappa shape index (κ1) is 7.19. The van der Waals surface area contributed by atoms with Crippen molar-refractivity contribution in [2.24, 2.45) is 5.73 Å². The number of nitrogens with two attached hydrogens (primary N) is 1. The van der Waals surface area contributed by atoms with Crippen molar-refractivity contribution in [2.75, 3.05) is 0 Å². The molecule has 0 unspecified atom stereocenters. The van der Waals surface area contributed by atoms with E-state index in [0.29, 0.717) is 0 Å². The molecule has 1 aromatic carbocycles. The van der Waals surface area contributed by atoms with Gasteiger partial charge in [-0.1, -0.05) is 12.1 Å². The van der Waals surface area contributed by atoms with E-state index in [2.05, 4.69) is 24.8 Å². The highest BCUT2D eigenvalue weighted by atomic mass is 32.1. The summed E-state index contributed by atoms with van der Waals surface area (Å²) in [5, 5.41) is 0. The molecular formula is C9H11NS. The van der Waals surface area contributed by atoms with Gasteiger partial charge in [0.15, 0.2) is 0 Å². The van der Waals surface area contributed by atoms with E-state index in [0.717, 1.165) is 17.7 Å². The minimum Gasteiger partial charge on any atom is -0.321 e. The van der Waals surface area contributed by atoms with Gasteiger partial charge in [-0.05, 0) is 30.5 Å². The Morgan fingerprint density at radius 1 is 1.18 bits per heavy atom. The van der Waals surface area contributed by atoms with Crippen LogP contribution in [0.4, 0.5) is 0 Å². The van der Waals surface area contributed by atoms with E-state index in [1.807, 2.05) is 12.1 Å². The van der Waals surface area contributed by atoms with Crippen molar-refractivity contribution in [3.05, 3.63) is 29.8 Å². The van der Waals surface area contributed by atoms with Crippen LogP contribution in [-0.4, -0.2) is 0 Å². The van der Waals surface area contributed by atoms with Gasteiger partial charge in [0.2, 0.25) is 0 Å². The molecule has 2 N–H and O–H groups in total. The van der Waals surface area contributed by atoms with Gasteiger partial charge in [-0.15, -0.1) is 12.6 Å². The Morgan fingerprint density at radius 3 is 2.18 bits per heavy atom. The van der Waals surface area contributed by atoms with E-state index < -0.39 is 0 Å². The molecule has 0 spiro atoms. The van der Waals surface area contributed by atoms with Gasteiger partial charge < -0.3 is 5.73 Å². The molecule has 0 bridgehead atoms. The first-order chi connectivity index (χ1) is 5.21. The van der Waals surface area contributed by atoms with E-state index in [1.165, 1.54) is 5.56 Å². The molecule has 0 amide bonds. The third kappa shape index (κ3) is 1.28. The van der Waals surface area contributed by atoms with Gasteiger partial charge >= 0.3 is 0 Å². The number of benzene rings is 1. The third-order valence-corrected chi connectivity index (χ3v) is 2.53. The van der Waals surface area contributed by atoms with Crippen LogP contribution in [0.1, 0.15) is 18.4 Å². The molecule has 0 radical (unpaired) electrons. The first-order valence-electron chi connectivity index (χ1n) is 3.79. The van der Waals surface area contributed by atoms with Crippen LogP contribution < -0.4 is 5.73 Å². The van der Waals surface area contributed by atoms with E-state index >= 15 is 0 Å². The zero-order valence-electron chi connectivity index (χ0n) is 6.25. The lowest BCUT2D eigenvalue weighted by Gasteiger charge is -2.07. The largest absolute Gasteiger partial charge is 0.321 e. The first-order valence-corrected chi connectivity index (χ1v) is 4.24. The molecule has 1 aliphatic carbocycles. The summed E-state index contributed by atoms with van der Waals surface area (Å²) < 4.78 is 0. The molecule has 0 saturated heterocycles. The SMILES string of the molecule is NC1(c2ccc(S)cc2)CC1. The van der Waals surface area contributed by atoms with Crippen LogP contribution in [0.2, 0.25) is 0 Å². The molecule has 1 nitrogen and oxygen atoms in total. The molecule has 0 aromatic heterocycles. The molecule has 11 heavy (non-hydrogen) atoms. The number of thiol groups is 1. The average molecular weight is 165 g/mol. The second-order valence-corrected chi connectivity index (χ2v) is 3.72. The molecular weight excluding hydrogens is 154 g/mol. The summed E-state index contributed by atoms with van der Waals surface area (Å²) >= 11 is 4.21. The van der Waals surface area contributed by atoms with E-state index in [4.69, 9.17) is 5.73 Å². The summed E-state index contributed by atoms with van der Waals surface area (Å²) in [6.07, 6.45) is 2.25. The Bertz CT molecular complexity index is 261. The van der Waals surface area contributed by atoms with Crippen molar-refractivity contribution >= 4 is 12.6 Å². The Morgan fingerprint density at radius 2 is 1.73 bits per heavy atom. The summed E-state index contributed by atoms with van der Waals surface area (Å²) in [4.78, 5) is 0.998. The Hall–Kier alpha value is -0.470. The normalized spacial score (nSPS) is 19.8. The number of hydrogen-bond donors (Lipinski definition) is 2. The van der Waals surface area contributed by atoms with E-state index in [9.17, 15) is 0 Å². The minimum atomic E-state index is 0.00147. The maximum absolute atomic E-state index is 5.99. The zero-order valence-corrected chi connectivity index (χ0v) is 7.14. The smallest absolute Gasteiger partial charge is 0.0411 e. The molecule has 1 aromatic rings. The molecule has 58 valence electrons. The topological polar surface area (TPSA) is 26.0 Å². The summed E-state index contributed by atoms with van der Waals surface area (Å²) in [5.74, 6) is 0. The van der Waals surface area contributed by atoms with Crippen molar-refractivity contribution in [3.63, 3.8) is 0 Å². The van der Waals surface area contributed by atoms with E-state index in [-0.39, 0.29) is 5.54 Å². The van der Waals surface area contributed by atoms with Crippen molar-refractivity contribution in [1.82, 2.24) is 0 Å². The predicted octanol–water partition coefficient (Wildman–Crippen LogP) is 1.92. The van der Waals surface area contributed by atoms with Gasteiger partial charge in [0.25, 0.3) is 0 Å². The highest BCUT2D eigenvalue weighted by Crippen LogP contribution is 2.42. The zero-order chi connectivity index (χ0) is 7.90. The fourth-order valence-corrected chi connectivity index (χ4v) is 1.37. The van der Waals surface area contributed by atoms with Crippen molar-refractivity contribution in [1.29, 1.82) is 0 Å². The molecule has 0 atom stereocenters. The monoisotopic (exact) mass is 165 g/mol. The summed E-state index contributed by atoms with van der Waals surface area (Å²) in [5.41, 5.74) is 7.24. The molecule has 2 rings (SSSR count). The lowest BCUT2D eigenvalue weighted by molar-refractivity contribution is 0.739. The lowest BCUT2D eigenvalue weighted by Crippen LogP contribution is -2.18. The molecule has 0 heterocycles. The van der Waals surface area contributed by atoms with Crippen LogP contribution in [0.15, 0.2) is 29.2 Å². The Kier molecular flexibility index (Phi) is 1.48. The number of rotatable bonds is 1. The van der Waals surface area contributed by atoms with Crippen LogP contribution in [0.3, 0.4) is 0 Å². The van der Waals surface area contributed by atoms with Gasteiger partial charge in [0.05, 0.1) is 0 Å². The van der Waals surface area contributed by atoms with Gasteiger partial charge in [0, 0.05) is 10.4 Å². The van der Waals surface area contributed by atoms with Crippen LogP contribution in [0, 0.1) is 0 Å². The van der Waals surface area contributed by atoms with Crippen molar-refractivity contribution in [2.45, 2.75) is 23.3 Å². The Labute approximate surface area is 72.0 Å². The average Bonchev–Trinajstić information content (AvgIpc) is 2.70. The highest BCUT2D eigenvalue weighted by Gasteiger charge is 2.39.